The van der Waals surface area contributed by atoms with Crippen LogP contribution in [0.5, 0.6) is 17.2 Å². The minimum atomic E-state index is -0.850. The number of hydrogen-bond donors (Lipinski definition) is 2. The van der Waals surface area contributed by atoms with E-state index in [2.05, 4.69) is 16.8 Å². The normalized spacial score (nSPS) is 12.7. The predicted octanol–water partition coefficient (Wildman–Crippen LogP) is 5.32. The van der Waals surface area contributed by atoms with E-state index in [0.29, 0.717) is 29.2 Å². The fourth-order valence-corrected chi connectivity index (χ4v) is 4.89. The number of aliphatic carboxylic acids is 1. The molecule has 1 heterocycles. The van der Waals surface area contributed by atoms with Crippen LogP contribution in [0.4, 0.5) is 0 Å². The highest BCUT2D eigenvalue weighted by Gasteiger charge is 2.25. The minimum Gasteiger partial charge on any atom is -0.493 e. The van der Waals surface area contributed by atoms with Gasteiger partial charge in [0.2, 0.25) is 5.75 Å². The first kappa shape index (κ1) is 25.6. The third-order valence-electron chi connectivity index (χ3n) is 5.97. The lowest BCUT2D eigenvalue weighted by Crippen LogP contribution is -2.16. The summed E-state index contributed by atoms with van der Waals surface area (Å²) in [6.45, 7) is 0. The number of ether oxygens (including phenoxy) is 3. The standard InChI is InChI=1S/C27H32O6S/c1-31-23-15-22(16-24(32-2)27(23)33-3)26(30)21(6-4-5-20-11-12-34-17-20)13-18-7-9-19(10-8-18)14-25(28)29/h7-12,15-17,21,26,30H,4-6,13-14H2,1-3H3,(H,28,29)/t21-,26-/m0/s1. The Morgan fingerprint density at radius 3 is 2.12 bits per heavy atom. The quantitative estimate of drug-likeness (QED) is 0.342. The van der Waals surface area contributed by atoms with Crippen molar-refractivity contribution in [1.82, 2.24) is 0 Å². The summed E-state index contributed by atoms with van der Waals surface area (Å²) in [5.74, 6) is 0.601. The van der Waals surface area contributed by atoms with Crippen LogP contribution in [0.3, 0.4) is 0 Å². The lowest BCUT2D eigenvalue weighted by atomic mass is 9.85. The average Bonchev–Trinajstić information content (AvgIpc) is 3.36. The third kappa shape index (κ3) is 6.74. The van der Waals surface area contributed by atoms with E-state index >= 15 is 0 Å². The molecule has 0 unspecified atom stereocenters. The number of aliphatic hydroxyl groups is 1. The summed E-state index contributed by atoms with van der Waals surface area (Å²) in [5, 5.41) is 24.7. The number of carboxylic acids is 1. The molecule has 3 aromatic rings. The molecule has 2 atom stereocenters. The molecule has 34 heavy (non-hydrogen) atoms. The minimum absolute atomic E-state index is 0.00158. The summed E-state index contributed by atoms with van der Waals surface area (Å²) in [7, 11) is 4.67. The van der Waals surface area contributed by atoms with Crippen LogP contribution in [-0.2, 0) is 24.1 Å². The summed E-state index contributed by atoms with van der Waals surface area (Å²) in [6.07, 6.45) is 2.65. The second-order valence-corrected chi connectivity index (χ2v) is 9.06. The van der Waals surface area contributed by atoms with Crippen LogP contribution in [0.2, 0.25) is 0 Å². The van der Waals surface area contributed by atoms with Crippen molar-refractivity contribution in [1.29, 1.82) is 0 Å². The van der Waals surface area contributed by atoms with Crippen molar-refractivity contribution in [3.8, 4) is 17.2 Å². The fourth-order valence-electron chi connectivity index (χ4n) is 4.19. The molecule has 2 aromatic carbocycles. The largest absolute Gasteiger partial charge is 0.493 e. The number of carbonyl (C=O) groups is 1. The molecular formula is C27H32O6S. The second-order valence-electron chi connectivity index (χ2n) is 8.28. The molecule has 0 radical (unpaired) electrons. The van der Waals surface area contributed by atoms with E-state index in [-0.39, 0.29) is 12.3 Å². The van der Waals surface area contributed by atoms with Crippen molar-refractivity contribution in [3.63, 3.8) is 0 Å². The molecule has 0 saturated carbocycles. The Balaban J connectivity index is 1.83. The van der Waals surface area contributed by atoms with Crippen LogP contribution in [0, 0.1) is 5.92 Å². The van der Waals surface area contributed by atoms with Crippen molar-refractivity contribution in [3.05, 3.63) is 75.5 Å². The number of carboxylic acid groups (broad SMARTS) is 1. The van der Waals surface area contributed by atoms with Gasteiger partial charge in [0, 0.05) is 0 Å². The molecule has 0 fully saturated rings. The van der Waals surface area contributed by atoms with E-state index in [9.17, 15) is 9.90 Å². The SMILES string of the molecule is COc1cc([C@@H](O)[C@@H](CCCc2ccsc2)Cc2ccc(CC(=O)O)cc2)cc(OC)c1OC. The molecule has 1 aromatic heterocycles. The number of rotatable bonds is 13. The van der Waals surface area contributed by atoms with E-state index < -0.39 is 12.1 Å². The average molecular weight is 485 g/mol. The maximum Gasteiger partial charge on any atom is 0.307 e. The fraction of sp³-hybridized carbons (Fsp3) is 0.370. The van der Waals surface area contributed by atoms with Crippen molar-refractivity contribution < 1.29 is 29.2 Å². The van der Waals surface area contributed by atoms with Gasteiger partial charge in [-0.25, -0.2) is 0 Å². The van der Waals surface area contributed by atoms with Crippen LogP contribution in [0.25, 0.3) is 0 Å². The van der Waals surface area contributed by atoms with Crippen molar-refractivity contribution >= 4 is 17.3 Å². The van der Waals surface area contributed by atoms with Crippen LogP contribution < -0.4 is 14.2 Å². The molecule has 0 aliphatic rings. The molecule has 0 saturated heterocycles. The maximum absolute atomic E-state index is 11.4. The highest BCUT2D eigenvalue weighted by atomic mass is 32.1. The van der Waals surface area contributed by atoms with Gasteiger partial charge in [-0.1, -0.05) is 24.3 Å². The Hall–Kier alpha value is -3.03. The van der Waals surface area contributed by atoms with Gasteiger partial charge in [-0.3, -0.25) is 4.79 Å². The summed E-state index contributed by atoms with van der Waals surface area (Å²) < 4.78 is 16.4. The zero-order valence-electron chi connectivity index (χ0n) is 19.8. The molecule has 0 bridgehead atoms. The lowest BCUT2D eigenvalue weighted by molar-refractivity contribution is -0.136. The summed E-state index contributed by atoms with van der Waals surface area (Å²) >= 11 is 1.69. The number of aryl methyl sites for hydroxylation is 1. The molecule has 0 aliphatic heterocycles. The van der Waals surface area contributed by atoms with Gasteiger partial charge in [0.25, 0.3) is 0 Å². The van der Waals surface area contributed by atoms with Gasteiger partial charge in [0.15, 0.2) is 11.5 Å². The van der Waals surface area contributed by atoms with Gasteiger partial charge in [-0.15, -0.1) is 0 Å². The lowest BCUT2D eigenvalue weighted by Gasteiger charge is -2.25. The van der Waals surface area contributed by atoms with Crippen LogP contribution in [0.15, 0.2) is 53.2 Å². The Kier molecular flexibility index (Phi) is 9.36. The highest BCUT2D eigenvalue weighted by molar-refractivity contribution is 7.07. The predicted molar refractivity (Wildman–Crippen MR) is 133 cm³/mol. The molecule has 6 nitrogen and oxygen atoms in total. The van der Waals surface area contributed by atoms with E-state index in [4.69, 9.17) is 19.3 Å². The molecule has 2 N–H and O–H groups in total. The number of aliphatic hydroxyl groups excluding tert-OH is 1. The number of methoxy groups -OCH3 is 3. The molecule has 182 valence electrons. The van der Waals surface area contributed by atoms with Crippen molar-refractivity contribution in [2.24, 2.45) is 5.92 Å². The molecular weight excluding hydrogens is 452 g/mol. The monoisotopic (exact) mass is 484 g/mol. The van der Waals surface area contributed by atoms with Gasteiger partial charge < -0.3 is 24.4 Å². The Labute approximate surface area is 204 Å². The van der Waals surface area contributed by atoms with Gasteiger partial charge in [-0.2, -0.15) is 11.3 Å². The Morgan fingerprint density at radius 1 is 0.941 bits per heavy atom. The maximum atomic E-state index is 11.4. The smallest absolute Gasteiger partial charge is 0.307 e. The number of thiophene rings is 1. The van der Waals surface area contributed by atoms with E-state index in [1.807, 2.05) is 24.3 Å². The van der Waals surface area contributed by atoms with Crippen LogP contribution >= 0.6 is 11.3 Å². The second kappa shape index (κ2) is 12.4. The van der Waals surface area contributed by atoms with Crippen LogP contribution in [0.1, 0.15) is 41.2 Å². The van der Waals surface area contributed by atoms with Crippen molar-refractivity contribution in [2.75, 3.05) is 21.3 Å². The molecule has 0 amide bonds. The number of hydrogen-bond acceptors (Lipinski definition) is 6. The first-order chi connectivity index (χ1) is 16.4. The topological polar surface area (TPSA) is 85.2 Å². The zero-order chi connectivity index (χ0) is 24.5. The molecule has 7 heteroatoms. The first-order valence-corrected chi connectivity index (χ1v) is 12.2. The van der Waals surface area contributed by atoms with Crippen LogP contribution in [-0.4, -0.2) is 37.5 Å². The van der Waals surface area contributed by atoms with Crippen molar-refractivity contribution in [2.45, 2.75) is 38.2 Å². The Bertz CT molecular complexity index is 1020. The molecule has 3 rings (SSSR count). The first-order valence-electron chi connectivity index (χ1n) is 11.2. The number of benzene rings is 2. The molecule has 0 spiro atoms. The summed E-state index contributed by atoms with van der Waals surface area (Å²) in [5.41, 5.74) is 3.83. The zero-order valence-corrected chi connectivity index (χ0v) is 20.6. The van der Waals surface area contributed by atoms with E-state index in [0.717, 1.165) is 30.4 Å². The van der Waals surface area contributed by atoms with Gasteiger partial charge in [-0.05, 0) is 82.8 Å². The van der Waals surface area contributed by atoms with Gasteiger partial charge in [0.1, 0.15) is 0 Å². The third-order valence-corrected chi connectivity index (χ3v) is 6.70. The van der Waals surface area contributed by atoms with E-state index in [1.54, 1.807) is 44.8 Å². The van der Waals surface area contributed by atoms with Gasteiger partial charge in [0.05, 0.1) is 33.9 Å². The van der Waals surface area contributed by atoms with E-state index in [1.165, 1.54) is 5.56 Å². The summed E-state index contributed by atoms with van der Waals surface area (Å²) in [6, 6.07) is 13.3. The van der Waals surface area contributed by atoms with Gasteiger partial charge >= 0.3 is 5.97 Å². The summed E-state index contributed by atoms with van der Waals surface area (Å²) in [4.78, 5) is 11.0. The highest BCUT2D eigenvalue weighted by Crippen LogP contribution is 2.42. The molecule has 0 aliphatic carbocycles. The Morgan fingerprint density at radius 2 is 1.59 bits per heavy atom.